The van der Waals surface area contributed by atoms with E-state index in [0.29, 0.717) is 18.2 Å². The van der Waals surface area contributed by atoms with E-state index >= 15 is 0 Å². The summed E-state index contributed by atoms with van der Waals surface area (Å²) in [7, 11) is 0. The van der Waals surface area contributed by atoms with E-state index in [0.717, 1.165) is 24.2 Å². The Morgan fingerprint density at radius 1 is 1.06 bits per heavy atom. The van der Waals surface area contributed by atoms with Crippen LogP contribution in [0.5, 0.6) is 0 Å². The Bertz CT molecular complexity index is 241. The van der Waals surface area contributed by atoms with Crippen LogP contribution >= 0.6 is 0 Å². The molecule has 2 rings (SSSR count). The first-order valence-corrected chi connectivity index (χ1v) is 7.49. The van der Waals surface area contributed by atoms with Gasteiger partial charge in [0.05, 0.1) is 12.2 Å². The summed E-state index contributed by atoms with van der Waals surface area (Å²) < 4.78 is 6.38. The first-order chi connectivity index (χ1) is 8.08. The molecule has 0 saturated heterocycles. The first kappa shape index (κ1) is 13.4. The number of hydrogen-bond acceptors (Lipinski definition) is 2. The second-order valence-corrected chi connectivity index (χ2v) is 6.63. The van der Waals surface area contributed by atoms with Crippen molar-refractivity contribution in [2.24, 2.45) is 23.5 Å². The van der Waals surface area contributed by atoms with Crippen molar-refractivity contribution in [2.45, 2.75) is 77.5 Å². The van der Waals surface area contributed by atoms with Gasteiger partial charge in [-0.15, -0.1) is 0 Å². The quantitative estimate of drug-likeness (QED) is 0.820. The van der Waals surface area contributed by atoms with E-state index in [1.165, 1.54) is 32.1 Å². The van der Waals surface area contributed by atoms with Gasteiger partial charge < -0.3 is 10.5 Å². The first-order valence-electron chi connectivity index (χ1n) is 7.49. The van der Waals surface area contributed by atoms with Crippen LogP contribution in [0.25, 0.3) is 0 Å². The van der Waals surface area contributed by atoms with E-state index in [-0.39, 0.29) is 0 Å². The van der Waals surface area contributed by atoms with Gasteiger partial charge >= 0.3 is 0 Å². The van der Waals surface area contributed by atoms with Crippen molar-refractivity contribution in [2.75, 3.05) is 0 Å². The molecule has 2 aliphatic carbocycles. The predicted molar refractivity (Wildman–Crippen MR) is 71.8 cm³/mol. The van der Waals surface area contributed by atoms with Gasteiger partial charge in [0.2, 0.25) is 0 Å². The zero-order valence-electron chi connectivity index (χ0n) is 11.7. The third-order valence-corrected chi connectivity index (χ3v) is 4.81. The Hall–Kier alpha value is -0.0800. The summed E-state index contributed by atoms with van der Waals surface area (Å²) in [6, 6.07) is 0.292. The van der Waals surface area contributed by atoms with Crippen molar-refractivity contribution in [1.82, 2.24) is 0 Å². The van der Waals surface area contributed by atoms with E-state index in [1.807, 2.05) is 0 Å². The van der Waals surface area contributed by atoms with Gasteiger partial charge in [-0.1, -0.05) is 27.2 Å². The molecular formula is C15H29NO. The van der Waals surface area contributed by atoms with E-state index in [1.54, 1.807) is 0 Å². The van der Waals surface area contributed by atoms with Crippen molar-refractivity contribution in [3.8, 4) is 0 Å². The lowest BCUT2D eigenvalue weighted by Gasteiger charge is -2.39. The fraction of sp³-hybridized carbons (Fsp3) is 1.00. The van der Waals surface area contributed by atoms with Crippen molar-refractivity contribution in [1.29, 1.82) is 0 Å². The van der Waals surface area contributed by atoms with Crippen molar-refractivity contribution < 1.29 is 4.74 Å². The molecule has 17 heavy (non-hydrogen) atoms. The lowest BCUT2D eigenvalue weighted by Crippen LogP contribution is -2.41. The highest BCUT2D eigenvalue weighted by molar-refractivity contribution is 4.86. The summed E-state index contributed by atoms with van der Waals surface area (Å²) in [6.07, 6.45) is 8.34. The van der Waals surface area contributed by atoms with Crippen LogP contribution in [-0.4, -0.2) is 18.2 Å². The molecule has 0 aliphatic heterocycles. The van der Waals surface area contributed by atoms with Gasteiger partial charge in [-0.3, -0.25) is 0 Å². The lowest BCUT2D eigenvalue weighted by molar-refractivity contribution is -0.0819. The van der Waals surface area contributed by atoms with E-state index in [2.05, 4.69) is 20.8 Å². The summed E-state index contributed by atoms with van der Waals surface area (Å²) in [5.41, 5.74) is 6.13. The van der Waals surface area contributed by atoms with Crippen LogP contribution in [0, 0.1) is 17.8 Å². The minimum Gasteiger partial charge on any atom is -0.373 e. The van der Waals surface area contributed by atoms with Crippen molar-refractivity contribution >= 4 is 0 Å². The van der Waals surface area contributed by atoms with Crippen LogP contribution < -0.4 is 5.73 Å². The molecule has 0 amide bonds. The van der Waals surface area contributed by atoms with Gasteiger partial charge in [0.1, 0.15) is 0 Å². The molecule has 0 radical (unpaired) electrons. The average molecular weight is 239 g/mol. The minimum atomic E-state index is 0.292. The van der Waals surface area contributed by atoms with Crippen LogP contribution in [-0.2, 0) is 4.74 Å². The largest absolute Gasteiger partial charge is 0.373 e. The summed E-state index contributed by atoms with van der Waals surface area (Å²) in [4.78, 5) is 0. The summed E-state index contributed by atoms with van der Waals surface area (Å²) in [5, 5.41) is 0. The highest BCUT2D eigenvalue weighted by Crippen LogP contribution is 2.37. The highest BCUT2D eigenvalue weighted by atomic mass is 16.5. The molecule has 2 heteroatoms. The number of hydrogen-bond donors (Lipinski definition) is 1. The normalized spacial score (nSPS) is 43.2. The van der Waals surface area contributed by atoms with Gasteiger partial charge in [-0.25, -0.2) is 0 Å². The Balaban J connectivity index is 1.94. The molecule has 2 nitrogen and oxygen atoms in total. The van der Waals surface area contributed by atoms with Crippen LogP contribution in [0.15, 0.2) is 0 Å². The smallest absolute Gasteiger partial charge is 0.0729 e. The molecule has 5 unspecified atom stereocenters. The lowest BCUT2D eigenvalue weighted by atomic mass is 9.75. The molecule has 2 aliphatic rings. The molecule has 0 spiro atoms. The Morgan fingerprint density at radius 2 is 1.82 bits per heavy atom. The molecule has 0 aromatic rings. The minimum absolute atomic E-state index is 0.292. The summed E-state index contributed by atoms with van der Waals surface area (Å²) >= 11 is 0. The molecule has 0 aromatic heterocycles. The highest BCUT2D eigenvalue weighted by Gasteiger charge is 2.35. The zero-order valence-corrected chi connectivity index (χ0v) is 11.7. The molecule has 0 heterocycles. The van der Waals surface area contributed by atoms with Crippen LogP contribution in [0.3, 0.4) is 0 Å². The van der Waals surface area contributed by atoms with Crippen LogP contribution in [0.2, 0.25) is 0 Å². The zero-order chi connectivity index (χ0) is 12.4. The van der Waals surface area contributed by atoms with Crippen LogP contribution in [0.1, 0.15) is 59.3 Å². The van der Waals surface area contributed by atoms with E-state index in [9.17, 15) is 0 Å². The maximum Gasteiger partial charge on any atom is 0.0729 e. The SMILES string of the molecule is CC1CCC(C(C)C)C(OC2CCCC2N)C1. The van der Waals surface area contributed by atoms with E-state index < -0.39 is 0 Å². The second kappa shape index (κ2) is 5.71. The summed E-state index contributed by atoms with van der Waals surface area (Å²) in [6.45, 7) is 7.04. The summed E-state index contributed by atoms with van der Waals surface area (Å²) in [5.74, 6) is 2.32. The molecule has 2 saturated carbocycles. The Labute approximate surface area is 106 Å². The third-order valence-electron chi connectivity index (χ3n) is 4.81. The number of ether oxygens (including phenoxy) is 1. The second-order valence-electron chi connectivity index (χ2n) is 6.63. The molecule has 0 bridgehead atoms. The van der Waals surface area contributed by atoms with Gasteiger partial charge in [0, 0.05) is 6.04 Å². The molecule has 2 fully saturated rings. The average Bonchev–Trinajstić information content (AvgIpc) is 2.64. The Kier molecular flexibility index (Phi) is 4.48. The number of nitrogens with two attached hydrogens (primary N) is 1. The maximum absolute atomic E-state index is 6.38. The van der Waals surface area contributed by atoms with Gasteiger partial charge in [-0.2, -0.15) is 0 Å². The monoisotopic (exact) mass is 239 g/mol. The van der Waals surface area contributed by atoms with Crippen LogP contribution in [0.4, 0.5) is 0 Å². The number of rotatable bonds is 3. The maximum atomic E-state index is 6.38. The molecule has 0 aromatic carbocycles. The van der Waals surface area contributed by atoms with E-state index in [4.69, 9.17) is 10.5 Å². The molecule has 100 valence electrons. The fourth-order valence-electron chi connectivity index (χ4n) is 3.62. The molecule has 2 N–H and O–H groups in total. The van der Waals surface area contributed by atoms with Gasteiger partial charge in [-0.05, 0) is 49.9 Å². The fourth-order valence-corrected chi connectivity index (χ4v) is 3.62. The third kappa shape index (κ3) is 3.23. The van der Waals surface area contributed by atoms with Gasteiger partial charge in [0.25, 0.3) is 0 Å². The topological polar surface area (TPSA) is 35.2 Å². The molecular weight excluding hydrogens is 210 g/mol. The predicted octanol–water partition coefficient (Wildman–Crippen LogP) is 3.34. The standard InChI is InChI=1S/C15H29NO/c1-10(2)12-8-7-11(3)9-15(12)17-14-6-4-5-13(14)16/h10-15H,4-9,16H2,1-3H3. The van der Waals surface area contributed by atoms with Crippen molar-refractivity contribution in [3.63, 3.8) is 0 Å². The van der Waals surface area contributed by atoms with Crippen molar-refractivity contribution in [3.05, 3.63) is 0 Å². The molecule has 5 atom stereocenters. The van der Waals surface area contributed by atoms with Gasteiger partial charge in [0.15, 0.2) is 0 Å². The Morgan fingerprint density at radius 3 is 2.41 bits per heavy atom.